The van der Waals surface area contributed by atoms with Gasteiger partial charge in [0.25, 0.3) is 0 Å². The van der Waals surface area contributed by atoms with Gasteiger partial charge in [0.2, 0.25) is 0 Å². The predicted octanol–water partition coefficient (Wildman–Crippen LogP) is 6.69. The molecule has 0 spiro atoms. The van der Waals surface area contributed by atoms with E-state index in [2.05, 4.69) is 54.0 Å². The van der Waals surface area contributed by atoms with Gasteiger partial charge in [0, 0.05) is 19.1 Å². The summed E-state index contributed by atoms with van der Waals surface area (Å²) in [5.74, 6) is -1.82. The largest absolute Gasteiger partial charge is 0.366 e. The number of nitriles is 1. The van der Waals surface area contributed by atoms with Gasteiger partial charge in [0.05, 0.1) is 11.7 Å². The number of rotatable bonds is 13. The molecule has 0 aliphatic heterocycles. The first-order valence-electron chi connectivity index (χ1n) is 14.4. The van der Waals surface area contributed by atoms with Gasteiger partial charge in [-0.2, -0.15) is 5.26 Å². The smallest absolute Gasteiger partial charge is 0.160 e. The second-order valence-corrected chi connectivity index (χ2v) is 10.8. The summed E-state index contributed by atoms with van der Waals surface area (Å²) in [5, 5.41) is 26.6. The third-order valence-electron chi connectivity index (χ3n) is 6.62. The fraction of sp³-hybridized carbons (Fsp3) is 0.306. The molecule has 5 nitrogen and oxygen atoms in total. The molecule has 0 heterocycles. The van der Waals surface area contributed by atoms with Crippen LogP contribution in [0.1, 0.15) is 48.1 Å². The Morgan fingerprint density at radius 1 is 0.833 bits per heavy atom. The van der Waals surface area contributed by atoms with Crippen molar-refractivity contribution in [2.75, 3.05) is 6.54 Å². The molecule has 0 bridgehead atoms. The van der Waals surface area contributed by atoms with Crippen molar-refractivity contribution in [2.45, 2.75) is 64.6 Å². The average Bonchev–Trinajstić information content (AvgIpc) is 2.99. The van der Waals surface area contributed by atoms with E-state index >= 15 is 0 Å². The molecule has 2 atom stereocenters. The van der Waals surface area contributed by atoms with Crippen LogP contribution in [0.25, 0.3) is 0 Å². The summed E-state index contributed by atoms with van der Waals surface area (Å²) < 4.78 is 19.9. The van der Waals surface area contributed by atoms with Crippen LogP contribution in [-0.2, 0) is 24.2 Å². The fourth-order valence-electron chi connectivity index (χ4n) is 4.54. The van der Waals surface area contributed by atoms with Crippen molar-refractivity contribution in [3.05, 3.63) is 143 Å². The Balaban J connectivity index is 0.000000603. The van der Waals surface area contributed by atoms with Crippen molar-refractivity contribution in [1.29, 1.82) is 5.26 Å². The second-order valence-electron chi connectivity index (χ2n) is 10.8. The van der Waals surface area contributed by atoms with Crippen LogP contribution >= 0.6 is 0 Å². The summed E-state index contributed by atoms with van der Waals surface area (Å²) in [6, 6.07) is 36.9. The van der Waals surface area contributed by atoms with Gasteiger partial charge in [-0.05, 0) is 69.0 Å². The fourth-order valence-corrected chi connectivity index (χ4v) is 4.54. The van der Waals surface area contributed by atoms with Gasteiger partial charge < -0.3 is 20.5 Å². The maximum atomic E-state index is 13.8. The molecule has 0 amide bonds. The molecule has 4 aromatic carbocycles. The number of hydrogen-bond donors (Lipinski definition) is 3. The Hall–Kier alpha value is -3.86. The zero-order chi connectivity index (χ0) is 30.2. The summed E-state index contributed by atoms with van der Waals surface area (Å²) in [7, 11) is 0. The Labute approximate surface area is 250 Å². The van der Waals surface area contributed by atoms with Crippen LogP contribution in [0, 0.1) is 24.1 Å². The highest BCUT2D eigenvalue weighted by molar-refractivity contribution is 5.34. The number of halogens is 1. The van der Waals surface area contributed by atoms with E-state index in [-0.39, 0.29) is 17.7 Å². The number of nitrogens with one attached hydrogen (secondary N) is 2. The predicted molar refractivity (Wildman–Crippen MR) is 167 cm³/mol. The highest BCUT2D eigenvalue weighted by Gasteiger charge is 2.28. The second kappa shape index (κ2) is 17.2. The summed E-state index contributed by atoms with van der Waals surface area (Å²) >= 11 is 0. The zero-order valence-electron chi connectivity index (χ0n) is 24.8. The van der Waals surface area contributed by atoms with E-state index in [0.717, 1.165) is 17.7 Å². The number of hydrogen-bond acceptors (Lipinski definition) is 5. The minimum atomic E-state index is -1.30. The van der Waals surface area contributed by atoms with Crippen LogP contribution in [0.4, 0.5) is 4.39 Å². The van der Waals surface area contributed by atoms with Crippen molar-refractivity contribution in [3.8, 4) is 6.07 Å². The van der Waals surface area contributed by atoms with Gasteiger partial charge in [-0.3, -0.25) is 0 Å². The summed E-state index contributed by atoms with van der Waals surface area (Å²) in [6.45, 7) is 7.25. The molecule has 0 aromatic heterocycles. The van der Waals surface area contributed by atoms with Gasteiger partial charge in [-0.25, -0.2) is 4.39 Å². The maximum Gasteiger partial charge on any atom is 0.160 e. The number of benzene rings is 4. The molecule has 3 N–H and O–H groups in total. The molecule has 6 heteroatoms. The SMILES string of the molecule is CC(C)(O)OC(CCNCc1ccccc1)C(Cc1ccccc1)NCc1ccc(F)c(C#N)c1.Cc1ccccc1. The van der Waals surface area contributed by atoms with E-state index in [4.69, 9.17) is 10.00 Å². The maximum absolute atomic E-state index is 13.8. The molecule has 0 fully saturated rings. The summed E-state index contributed by atoms with van der Waals surface area (Å²) in [6.07, 6.45) is 1.06. The lowest BCUT2D eigenvalue weighted by Crippen LogP contribution is -2.47. The van der Waals surface area contributed by atoms with Crippen LogP contribution < -0.4 is 10.6 Å². The van der Waals surface area contributed by atoms with Crippen molar-refractivity contribution in [3.63, 3.8) is 0 Å². The zero-order valence-corrected chi connectivity index (χ0v) is 24.8. The Kier molecular flexibility index (Phi) is 13.4. The van der Waals surface area contributed by atoms with Crippen LogP contribution in [0.3, 0.4) is 0 Å². The van der Waals surface area contributed by atoms with Crippen molar-refractivity contribution >= 4 is 0 Å². The third kappa shape index (κ3) is 12.3. The average molecular weight is 568 g/mol. The minimum absolute atomic E-state index is 0.0262. The van der Waals surface area contributed by atoms with E-state index in [9.17, 15) is 9.50 Å². The molecule has 0 saturated carbocycles. The lowest BCUT2D eigenvalue weighted by atomic mass is 9.98. The molecule has 4 rings (SSSR count). The molecular formula is C36H42FN3O2. The molecule has 0 saturated heterocycles. The van der Waals surface area contributed by atoms with Crippen LogP contribution in [0.2, 0.25) is 0 Å². The number of ether oxygens (including phenoxy) is 1. The van der Waals surface area contributed by atoms with Gasteiger partial charge in [0.15, 0.2) is 5.79 Å². The summed E-state index contributed by atoms with van der Waals surface area (Å²) in [4.78, 5) is 0. The van der Waals surface area contributed by atoms with E-state index in [0.29, 0.717) is 25.9 Å². The van der Waals surface area contributed by atoms with Gasteiger partial charge in [-0.1, -0.05) is 103 Å². The number of nitrogens with zero attached hydrogens (tertiary/aromatic N) is 1. The van der Waals surface area contributed by atoms with Gasteiger partial charge in [-0.15, -0.1) is 0 Å². The number of aryl methyl sites for hydroxylation is 1. The van der Waals surface area contributed by atoms with Gasteiger partial charge >= 0.3 is 0 Å². The van der Waals surface area contributed by atoms with Crippen LogP contribution in [0.5, 0.6) is 0 Å². The number of aliphatic hydroxyl groups is 1. The first-order chi connectivity index (χ1) is 20.2. The van der Waals surface area contributed by atoms with E-state index in [1.54, 1.807) is 26.0 Å². The Bertz CT molecular complexity index is 1350. The standard InChI is InChI=1S/C29H34FN3O2.C7H8/c1-29(2,34)35-28(15-16-32-20-23-11-7-4-8-12-23)27(18-22-9-5-3-6-10-22)33-21-24-13-14-26(30)25(17-24)19-31;1-7-5-3-2-4-6-7/h3-14,17,27-28,32-34H,15-16,18,20-21H2,1-2H3;2-6H,1H3. The highest BCUT2D eigenvalue weighted by atomic mass is 19.1. The molecule has 0 aliphatic carbocycles. The molecule has 42 heavy (non-hydrogen) atoms. The summed E-state index contributed by atoms with van der Waals surface area (Å²) in [5.41, 5.74) is 4.51. The van der Waals surface area contributed by atoms with E-state index in [1.807, 2.05) is 60.7 Å². The third-order valence-corrected chi connectivity index (χ3v) is 6.62. The Morgan fingerprint density at radius 2 is 1.43 bits per heavy atom. The van der Waals surface area contributed by atoms with Crippen molar-refractivity contribution in [1.82, 2.24) is 10.6 Å². The Morgan fingerprint density at radius 3 is 1.98 bits per heavy atom. The molecule has 4 aromatic rings. The van der Waals surface area contributed by atoms with Crippen molar-refractivity contribution < 1.29 is 14.2 Å². The molecule has 2 unspecified atom stereocenters. The van der Waals surface area contributed by atoms with E-state index in [1.165, 1.54) is 17.2 Å². The quantitative estimate of drug-likeness (QED) is 0.124. The minimum Gasteiger partial charge on any atom is -0.366 e. The molecule has 0 aliphatic rings. The molecular weight excluding hydrogens is 525 g/mol. The normalized spacial score (nSPS) is 12.5. The lowest BCUT2D eigenvalue weighted by molar-refractivity contribution is -0.212. The van der Waals surface area contributed by atoms with Gasteiger partial charge in [0.1, 0.15) is 11.9 Å². The topological polar surface area (TPSA) is 77.3 Å². The monoisotopic (exact) mass is 567 g/mol. The van der Waals surface area contributed by atoms with Crippen molar-refractivity contribution in [2.24, 2.45) is 0 Å². The lowest BCUT2D eigenvalue weighted by Gasteiger charge is -2.33. The van der Waals surface area contributed by atoms with Crippen LogP contribution in [0.15, 0.2) is 109 Å². The molecule has 220 valence electrons. The first kappa shape index (κ1) is 32.7. The van der Waals surface area contributed by atoms with E-state index < -0.39 is 11.6 Å². The highest BCUT2D eigenvalue weighted by Crippen LogP contribution is 2.19. The molecule has 0 radical (unpaired) electrons. The first-order valence-corrected chi connectivity index (χ1v) is 14.4. The van der Waals surface area contributed by atoms with Crippen LogP contribution in [-0.4, -0.2) is 29.6 Å².